The van der Waals surface area contributed by atoms with Crippen molar-refractivity contribution in [3.05, 3.63) is 0 Å². The molecule has 3 atom stereocenters. The minimum absolute atomic E-state index is 1.11. The van der Waals surface area contributed by atoms with Gasteiger partial charge in [-0.1, -0.05) is 6.42 Å². The van der Waals surface area contributed by atoms with Crippen LogP contribution in [0.4, 0.5) is 0 Å². The monoisotopic (exact) mass is 224 g/mol. The number of rotatable bonds is 6. The molecule has 2 saturated carbocycles. The summed E-state index contributed by atoms with van der Waals surface area (Å²) in [4.78, 5) is 0. The van der Waals surface area contributed by atoms with Crippen molar-refractivity contribution in [3.63, 3.8) is 0 Å². The SMILES string of the molecule is CC[N+](C)(CC)CCCC1CC2CCC1C2. The Hall–Kier alpha value is -0.0400. The van der Waals surface area contributed by atoms with E-state index in [1.54, 1.807) is 25.7 Å². The van der Waals surface area contributed by atoms with Gasteiger partial charge < -0.3 is 4.48 Å². The van der Waals surface area contributed by atoms with Gasteiger partial charge in [-0.15, -0.1) is 0 Å². The van der Waals surface area contributed by atoms with Gasteiger partial charge in [-0.3, -0.25) is 0 Å². The minimum Gasteiger partial charge on any atom is -0.327 e. The van der Waals surface area contributed by atoms with Crippen molar-refractivity contribution >= 4 is 0 Å². The van der Waals surface area contributed by atoms with E-state index >= 15 is 0 Å². The Morgan fingerprint density at radius 2 is 1.81 bits per heavy atom. The maximum Gasteiger partial charge on any atom is 0.0784 e. The molecule has 2 rings (SSSR count). The van der Waals surface area contributed by atoms with Crippen LogP contribution < -0.4 is 0 Å². The van der Waals surface area contributed by atoms with Gasteiger partial charge in [0.05, 0.1) is 26.7 Å². The molecule has 0 saturated heterocycles. The van der Waals surface area contributed by atoms with Gasteiger partial charge in [0.15, 0.2) is 0 Å². The van der Waals surface area contributed by atoms with Crippen LogP contribution in [0, 0.1) is 17.8 Å². The highest BCUT2D eigenvalue weighted by Crippen LogP contribution is 2.49. The Bertz CT molecular complexity index is 219. The number of quaternary nitrogens is 1. The third kappa shape index (κ3) is 2.61. The molecule has 3 unspecified atom stereocenters. The summed E-state index contributed by atoms with van der Waals surface area (Å²) in [6, 6.07) is 0. The molecule has 1 heteroatoms. The fraction of sp³-hybridized carbons (Fsp3) is 1.00. The topological polar surface area (TPSA) is 0 Å². The van der Waals surface area contributed by atoms with E-state index in [0.29, 0.717) is 0 Å². The standard InChI is InChI=1S/C15H30N/c1-4-16(3,5-2)10-6-7-14-11-13-8-9-15(14)12-13/h13-15H,4-12H2,1-3H3/q+1. The van der Waals surface area contributed by atoms with E-state index in [9.17, 15) is 0 Å². The Morgan fingerprint density at radius 3 is 2.31 bits per heavy atom. The van der Waals surface area contributed by atoms with Crippen LogP contribution in [-0.4, -0.2) is 31.2 Å². The van der Waals surface area contributed by atoms with Gasteiger partial charge in [0.2, 0.25) is 0 Å². The number of hydrogen-bond acceptors (Lipinski definition) is 0. The van der Waals surface area contributed by atoms with E-state index in [1.807, 2.05) is 0 Å². The van der Waals surface area contributed by atoms with Crippen LogP contribution in [0.15, 0.2) is 0 Å². The summed E-state index contributed by atoms with van der Waals surface area (Å²) in [5.74, 6) is 3.38. The second-order valence-electron chi connectivity index (χ2n) is 6.55. The van der Waals surface area contributed by atoms with E-state index in [1.165, 1.54) is 37.0 Å². The lowest BCUT2D eigenvalue weighted by Gasteiger charge is -2.33. The van der Waals surface area contributed by atoms with Gasteiger partial charge in [-0.2, -0.15) is 0 Å². The number of hydrogen-bond donors (Lipinski definition) is 0. The number of nitrogens with zero attached hydrogens (tertiary/aromatic N) is 1. The highest BCUT2D eigenvalue weighted by Gasteiger charge is 2.38. The van der Waals surface area contributed by atoms with Gasteiger partial charge in [0.1, 0.15) is 0 Å². The van der Waals surface area contributed by atoms with Crippen LogP contribution >= 0.6 is 0 Å². The summed E-state index contributed by atoms with van der Waals surface area (Å²) in [5, 5.41) is 0. The van der Waals surface area contributed by atoms with Crippen molar-refractivity contribution in [1.82, 2.24) is 0 Å². The van der Waals surface area contributed by atoms with Gasteiger partial charge in [-0.05, 0) is 63.7 Å². The first-order chi connectivity index (χ1) is 7.67. The summed E-state index contributed by atoms with van der Waals surface area (Å²) < 4.78 is 1.28. The molecule has 2 aliphatic carbocycles. The molecule has 2 bridgehead atoms. The lowest BCUT2D eigenvalue weighted by atomic mass is 9.85. The van der Waals surface area contributed by atoms with Crippen LogP contribution in [0.1, 0.15) is 52.4 Å². The maximum atomic E-state index is 2.42. The summed E-state index contributed by atoms with van der Waals surface area (Å²) >= 11 is 0. The van der Waals surface area contributed by atoms with Crippen LogP contribution in [0.25, 0.3) is 0 Å². The van der Waals surface area contributed by atoms with Crippen molar-refractivity contribution in [2.75, 3.05) is 26.7 Å². The zero-order chi connectivity index (χ0) is 11.6. The molecule has 0 aliphatic heterocycles. The van der Waals surface area contributed by atoms with Crippen molar-refractivity contribution < 1.29 is 4.48 Å². The van der Waals surface area contributed by atoms with Crippen molar-refractivity contribution in [1.29, 1.82) is 0 Å². The smallest absolute Gasteiger partial charge is 0.0784 e. The summed E-state index contributed by atoms with van der Waals surface area (Å²) in [6.07, 6.45) is 9.26. The molecular weight excluding hydrogens is 194 g/mol. The van der Waals surface area contributed by atoms with Gasteiger partial charge in [-0.25, -0.2) is 0 Å². The minimum atomic E-state index is 1.11. The molecule has 0 aromatic heterocycles. The molecule has 0 aromatic rings. The van der Waals surface area contributed by atoms with Crippen LogP contribution in [0.3, 0.4) is 0 Å². The Labute approximate surface area is 102 Å². The lowest BCUT2D eigenvalue weighted by Crippen LogP contribution is -2.44. The third-order valence-corrected chi connectivity index (χ3v) is 5.68. The van der Waals surface area contributed by atoms with E-state index < -0.39 is 0 Å². The fourth-order valence-electron chi connectivity index (χ4n) is 4.01. The van der Waals surface area contributed by atoms with Crippen LogP contribution in [-0.2, 0) is 0 Å². The Morgan fingerprint density at radius 1 is 1.06 bits per heavy atom. The predicted molar refractivity (Wildman–Crippen MR) is 70.3 cm³/mol. The van der Waals surface area contributed by atoms with Crippen molar-refractivity contribution in [2.45, 2.75) is 52.4 Å². The highest BCUT2D eigenvalue weighted by molar-refractivity contribution is 4.89. The second kappa shape index (κ2) is 5.08. The Kier molecular flexibility index (Phi) is 3.94. The van der Waals surface area contributed by atoms with E-state index in [2.05, 4.69) is 20.9 Å². The molecule has 16 heavy (non-hydrogen) atoms. The molecule has 2 fully saturated rings. The van der Waals surface area contributed by atoms with Crippen LogP contribution in [0.5, 0.6) is 0 Å². The lowest BCUT2D eigenvalue weighted by molar-refractivity contribution is -0.906. The molecule has 94 valence electrons. The molecule has 0 N–H and O–H groups in total. The summed E-state index contributed by atoms with van der Waals surface area (Å²) in [5.41, 5.74) is 0. The van der Waals surface area contributed by atoms with Gasteiger partial charge >= 0.3 is 0 Å². The largest absolute Gasteiger partial charge is 0.327 e. The molecule has 2 aliphatic rings. The average Bonchev–Trinajstić information content (AvgIpc) is 2.91. The second-order valence-corrected chi connectivity index (χ2v) is 6.55. The normalized spacial score (nSPS) is 33.6. The summed E-state index contributed by atoms with van der Waals surface area (Å²) in [6.45, 7) is 8.67. The maximum absolute atomic E-state index is 2.42. The quantitative estimate of drug-likeness (QED) is 0.604. The third-order valence-electron chi connectivity index (χ3n) is 5.68. The molecule has 1 nitrogen and oxygen atoms in total. The Balaban J connectivity index is 1.68. The van der Waals surface area contributed by atoms with E-state index in [4.69, 9.17) is 0 Å². The first-order valence-electron chi connectivity index (χ1n) is 7.50. The summed E-state index contributed by atoms with van der Waals surface area (Å²) in [7, 11) is 2.42. The predicted octanol–water partition coefficient (Wildman–Crippen LogP) is 3.69. The molecular formula is C15H30N+. The first-order valence-corrected chi connectivity index (χ1v) is 7.50. The van der Waals surface area contributed by atoms with E-state index in [-0.39, 0.29) is 0 Å². The molecule has 0 radical (unpaired) electrons. The molecule has 0 amide bonds. The van der Waals surface area contributed by atoms with Gasteiger partial charge in [0.25, 0.3) is 0 Å². The van der Waals surface area contributed by atoms with E-state index in [0.717, 1.165) is 17.8 Å². The molecule has 0 aromatic carbocycles. The van der Waals surface area contributed by atoms with Crippen LogP contribution in [0.2, 0.25) is 0 Å². The zero-order valence-corrected chi connectivity index (χ0v) is 11.5. The molecule has 0 spiro atoms. The zero-order valence-electron chi connectivity index (χ0n) is 11.5. The number of fused-ring (bicyclic) bond motifs is 2. The van der Waals surface area contributed by atoms with Crippen molar-refractivity contribution in [3.8, 4) is 0 Å². The first kappa shape index (κ1) is 12.4. The molecule has 0 heterocycles. The van der Waals surface area contributed by atoms with Crippen molar-refractivity contribution in [2.24, 2.45) is 17.8 Å². The van der Waals surface area contributed by atoms with Gasteiger partial charge in [0, 0.05) is 0 Å². The fourth-order valence-corrected chi connectivity index (χ4v) is 4.01. The highest BCUT2D eigenvalue weighted by atomic mass is 15.3. The average molecular weight is 224 g/mol.